The second-order valence-corrected chi connectivity index (χ2v) is 7.07. The first-order valence-corrected chi connectivity index (χ1v) is 8.33. The van der Waals surface area contributed by atoms with E-state index in [0.29, 0.717) is 0 Å². The second kappa shape index (κ2) is 6.78. The highest BCUT2D eigenvalue weighted by Gasteiger charge is 2.22. The van der Waals surface area contributed by atoms with Crippen LogP contribution in [0.1, 0.15) is 17.3 Å². The van der Waals surface area contributed by atoms with Gasteiger partial charge in [-0.3, -0.25) is 9.59 Å². The summed E-state index contributed by atoms with van der Waals surface area (Å²) in [7, 11) is -0.647. The molecule has 0 aromatic heterocycles. The molecule has 1 aromatic rings. The van der Waals surface area contributed by atoms with E-state index in [9.17, 15) is 18.0 Å². The molecule has 1 N–H and O–H groups in total. The van der Waals surface area contributed by atoms with Crippen LogP contribution in [0, 0.1) is 5.92 Å². The highest BCUT2D eigenvalue weighted by atomic mass is 32.2. The van der Waals surface area contributed by atoms with Crippen LogP contribution in [0.5, 0.6) is 5.75 Å². The minimum atomic E-state index is -3.47. The van der Waals surface area contributed by atoms with E-state index in [0.717, 1.165) is 6.26 Å². The fraction of sp³-hybridized carbons (Fsp3) is 0.429. The van der Waals surface area contributed by atoms with Crippen LogP contribution in [0.4, 0.5) is 0 Å². The van der Waals surface area contributed by atoms with E-state index in [1.54, 1.807) is 0 Å². The largest absolute Gasteiger partial charge is 0.496 e. The van der Waals surface area contributed by atoms with Crippen LogP contribution in [0.25, 0.3) is 0 Å². The lowest BCUT2D eigenvalue weighted by Gasteiger charge is -2.21. The molecule has 7 nitrogen and oxygen atoms in total. The number of hydrogen-bond acceptors (Lipinski definition) is 5. The molecule has 0 aliphatic rings. The summed E-state index contributed by atoms with van der Waals surface area (Å²) in [5.74, 6) is -2.03. The van der Waals surface area contributed by atoms with Crippen molar-refractivity contribution in [3.63, 3.8) is 0 Å². The van der Waals surface area contributed by atoms with Gasteiger partial charge in [-0.1, -0.05) is 6.92 Å². The van der Waals surface area contributed by atoms with Crippen molar-refractivity contribution in [3.8, 4) is 5.75 Å². The monoisotopic (exact) mass is 329 g/mol. The van der Waals surface area contributed by atoms with Gasteiger partial charge in [-0.2, -0.15) is 0 Å². The van der Waals surface area contributed by atoms with E-state index in [4.69, 9.17) is 9.84 Å². The molecule has 1 amide bonds. The van der Waals surface area contributed by atoms with Crippen LogP contribution in [-0.2, 0) is 14.6 Å². The van der Waals surface area contributed by atoms with Crippen molar-refractivity contribution in [1.82, 2.24) is 4.90 Å². The fourth-order valence-electron chi connectivity index (χ4n) is 1.86. The average Bonchev–Trinajstić information content (AvgIpc) is 2.44. The number of carboxylic acid groups (broad SMARTS) is 1. The van der Waals surface area contributed by atoms with Gasteiger partial charge in [0.1, 0.15) is 5.75 Å². The first-order chi connectivity index (χ1) is 10.1. The SMILES string of the molecule is COc1ccc(S(C)(=O)=O)cc1C(=O)N(C)CC(C)C(=O)O. The molecule has 1 aromatic carbocycles. The van der Waals surface area contributed by atoms with Crippen LogP contribution >= 0.6 is 0 Å². The third-order valence-corrected chi connectivity index (χ3v) is 4.26. The average molecular weight is 329 g/mol. The molecule has 0 bridgehead atoms. The van der Waals surface area contributed by atoms with Crippen molar-refractivity contribution in [3.05, 3.63) is 23.8 Å². The predicted molar refractivity (Wildman–Crippen MR) is 79.9 cm³/mol. The van der Waals surface area contributed by atoms with E-state index in [2.05, 4.69) is 0 Å². The third kappa shape index (κ3) is 4.20. The zero-order valence-electron chi connectivity index (χ0n) is 12.9. The van der Waals surface area contributed by atoms with Crippen molar-refractivity contribution in [2.45, 2.75) is 11.8 Å². The summed E-state index contributed by atoms with van der Waals surface area (Å²) in [6, 6.07) is 3.99. The van der Waals surface area contributed by atoms with Crippen molar-refractivity contribution in [2.75, 3.05) is 27.0 Å². The van der Waals surface area contributed by atoms with Gasteiger partial charge in [0, 0.05) is 19.8 Å². The normalized spacial score (nSPS) is 12.5. The Kier molecular flexibility index (Phi) is 5.54. The van der Waals surface area contributed by atoms with E-state index in [1.165, 1.54) is 44.2 Å². The maximum absolute atomic E-state index is 12.4. The first-order valence-electron chi connectivity index (χ1n) is 6.44. The van der Waals surface area contributed by atoms with Crippen LogP contribution in [-0.4, -0.2) is 57.3 Å². The summed E-state index contributed by atoms with van der Waals surface area (Å²) in [5.41, 5.74) is 0.0745. The van der Waals surface area contributed by atoms with Crippen molar-refractivity contribution in [2.24, 2.45) is 5.92 Å². The minimum absolute atomic E-state index is 0.000420. The molecule has 1 rings (SSSR count). The smallest absolute Gasteiger partial charge is 0.308 e. The molecular weight excluding hydrogens is 310 g/mol. The Hall–Kier alpha value is -2.09. The summed E-state index contributed by atoms with van der Waals surface area (Å²) in [4.78, 5) is 24.5. The lowest BCUT2D eigenvalue weighted by atomic mass is 10.1. The minimum Gasteiger partial charge on any atom is -0.496 e. The Morgan fingerprint density at radius 1 is 1.36 bits per heavy atom. The highest BCUT2D eigenvalue weighted by molar-refractivity contribution is 7.90. The van der Waals surface area contributed by atoms with E-state index >= 15 is 0 Å². The molecule has 0 aliphatic carbocycles. The summed E-state index contributed by atoms with van der Waals surface area (Å²) >= 11 is 0. The van der Waals surface area contributed by atoms with Gasteiger partial charge in [-0.15, -0.1) is 0 Å². The molecule has 1 unspecified atom stereocenters. The molecule has 0 radical (unpaired) electrons. The van der Waals surface area contributed by atoms with E-state index < -0.39 is 27.6 Å². The number of carbonyl (C=O) groups is 2. The van der Waals surface area contributed by atoms with Gasteiger partial charge in [-0.05, 0) is 18.2 Å². The number of aliphatic carboxylic acids is 1. The molecule has 122 valence electrons. The Balaban J connectivity index is 3.18. The third-order valence-electron chi connectivity index (χ3n) is 3.15. The maximum atomic E-state index is 12.4. The number of methoxy groups -OCH3 is 1. The Labute approximate surface area is 129 Å². The summed E-state index contributed by atoms with van der Waals surface area (Å²) < 4.78 is 28.3. The molecule has 0 aliphatic heterocycles. The number of carbonyl (C=O) groups excluding carboxylic acids is 1. The summed E-state index contributed by atoms with van der Waals surface area (Å²) in [6.45, 7) is 1.48. The van der Waals surface area contributed by atoms with Crippen LogP contribution in [0.3, 0.4) is 0 Å². The lowest BCUT2D eigenvalue weighted by molar-refractivity contribution is -0.141. The molecule has 8 heteroatoms. The lowest BCUT2D eigenvalue weighted by Crippen LogP contribution is -2.34. The van der Waals surface area contributed by atoms with E-state index in [-0.39, 0.29) is 22.8 Å². The zero-order chi connectivity index (χ0) is 17.1. The molecule has 22 heavy (non-hydrogen) atoms. The Morgan fingerprint density at radius 3 is 2.41 bits per heavy atom. The number of rotatable bonds is 6. The molecular formula is C14H19NO6S. The number of hydrogen-bond donors (Lipinski definition) is 1. The number of nitrogens with zero attached hydrogens (tertiary/aromatic N) is 1. The Morgan fingerprint density at radius 2 is 1.95 bits per heavy atom. The molecule has 0 spiro atoms. The number of ether oxygens (including phenoxy) is 1. The van der Waals surface area contributed by atoms with Crippen LogP contribution in [0.2, 0.25) is 0 Å². The summed E-state index contributed by atoms with van der Waals surface area (Å²) in [5, 5.41) is 8.89. The molecule has 0 saturated heterocycles. The molecule has 0 saturated carbocycles. The van der Waals surface area contributed by atoms with Gasteiger partial charge < -0.3 is 14.7 Å². The number of sulfone groups is 1. The van der Waals surface area contributed by atoms with Gasteiger partial charge in [-0.25, -0.2) is 8.42 Å². The highest BCUT2D eigenvalue weighted by Crippen LogP contribution is 2.24. The standard InChI is InChI=1S/C14H19NO6S/c1-9(14(17)18)8-15(2)13(16)11-7-10(22(4,19)20)5-6-12(11)21-3/h5-7,9H,8H2,1-4H3,(H,17,18). The van der Waals surface area contributed by atoms with Gasteiger partial charge in [0.15, 0.2) is 9.84 Å². The van der Waals surface area contributed by atoms with Crippen LogP contribution < -0.4 is 4.74 Å². The maximum Gasteiger partial charge on any atom is 0.308 e. The number of amides is 1. The van der Waals surface area contributed by atoms with E-state index in [1.807, 2.05) is 0 Å². The molecule has 0 fully saturated rings. The quantitative estimate of drug-likeness (QED) is 0.832. The van der Waals surface area contributed by atoms with Gasteiger partial charge in [0.2, 0.25) is 0 Å². The topological polar surface area (TPSA) is 101 Å². The molecule has 0 heterocycles. The number of benzene rings is 1. The first kappa shape index (κ1) is 18.0. The summed E-state index contributed by atoms with van der Waals surface area (Å²) in [6.07, 6.45) is 1.04. The van der Waals surface area contributed by atoms with Crippen molar-refractivity contribution >= 4 is 21.7 Å². The number of carboxylic acids is 1. The van der Waals surface area contributed by atoms with Gasteiger partial charge >= 0.3 is 5.97 Å². The second-order valence-electron chi connectivity index (χ2n) is 5.06. The van der Waals surface area contributed by atoms with Gasteiger partial charge in [0.25, 0.3) is 5.91 Å². The van der Waals surface area contributed by atoms with Crippen molar-refractivity contribution in [1.29, 1.82) is 0 Å². The Bertz CT molecular complexity index is 683. The predicted octanol–water partition coefficient (Wildman–Crippen LogP) is 0.891. The fourth-order valence-corrected chi connectivity index (χ4v) is 2.51. The molecule has 1 atom stereocenters. The van der Waals surface area contributed by atoms with Gasteiger partial charge in [0.05, 0.1) is 23.5 Å². The van der Waals surface area contributed by atoms with Crippen molar-refractivity contribution < 1.29 is 27.9 Å². The zero-order valence-corrected chi connectivity index (χ0v) is 13.7. The van der Waals surface area contributed by atoms with Crippen LogP contribution in [0.15, 0.2) is 23.1 Å².